The van der Waals surface area contributed by atoms with Crippen molar-refractivity contribution in [2.75, 3.05) is 0 Å². The van der Waals surface area contributed by atoms with Gasteiger partial charge >= 0.3 is 0 Å². The van der Waals surface area contributed by atoms with Gasteiger partial charge in [0.05, 0.1) is 6.21 Å². The van der Waals surface area contributed by atoms with E-state index in [1.807, 2.05) is 54.7 Å². The first-order valence-electron chi connectivity index (χ1n) is 10.6. The molecule has 156 valence electrons. The van der Waals surface area contributed by atoms with Crippen LogP contribution in [-0.2, 0) is 0 Å². The summed E-state index contributed by atoms with van der Waals surface area (Å²) in [4.78, 5) is 8.91. The van der Waals surface area contributed by atoms with Crippen LogP contribution in [0.3, 0.4) is 0 Å². The maximum atomic E-state index is 4.88. The molecule has 0 bridgehead atoms. The molecular formula is C27H18N6. The molecule has 0 amide bonds. The van der Waals surface area contributed by atoms with Gasteiger partial charge in [0.2, 0.25) is 11.6 Å². The average molecular weight is 426 g/mol. The Hall–Kier alpha value is -4.71. The lowest BCUT2D eigenvalue weighted by atomic mass is 9.97. The molecule has 0 saturated heterocycles. The maximum absolute atomic E-state index is 4.88. The number of aromatic nitrogens is 5. The van der Waals surface area contributed by atoms with Crippen molar-refractivity contribution in [2.24, 2.45) is 5.10 Å². The molecule has 0 aliphatic carbocycles. The van der Waals surface area contributed by atoms with Crippen molar-refractivity contribution in [3.63, 3.8) is 0 Å². The number of hydrogen-bond donors (Lipinski definition) is 0. The minimum absolute atomic E-state index is 0.553. The van der Waals surface area contributed by atoms with Crippen LogP contribution in [0.25, 0.3) is 44.6 Å². The Labute approximate surface area is 189 Å². The van der Waals surface area contributed by atoms with E-state index in [1.165, 1.54) is 0 Å². The fourth-order valence-electron chi connectivity index (χ4n) is 4.00. The van der Waals surface area contributed by atoms with Crippen molar-refractivity contribution < 1.29 is 0 Å². The molecule has 0 N–H and O–H groups in total. The zero-order chi connectivity index (χ0) is 22.0. The Morgan fingerprint density at radius 2 is 1.12 bits per heavy atom. The van der Waals surface area contributed by atoms with E-state index in [0.29, 0.717) is 23.0 Å². The van der Waals surface area contributed by atoms with Crippen molar-refractivity contribution in [3.8, 4) is 23.0 Å². The second-order valence-electron chi connectivity index (χ2n) is 7.57. The van der Waals surface area contributed by atoms with Gasteiger partial charge in [-0.15, -0.1) is 10.2 Å². The summed E-state index contributed by atoms with van der Waals surface area (Å²) in [6, 6.07) is 30.3. The van der Waals surface area contributed by atoms with Gasteiger partial charge in [0, 0.05) is 18.0 Å². The molecule has 3 aromatic heterocycles. The Morgan fingerprint density at radius 1 is 0.606 bits per heavy atom. The fraction of sp³-hybridized carbons (Fsp3) is 0. The molecule has 6 nitrogen and oxygen atoms in total. The van der Waals surface area contributed by atoms with E-state index in [-0.39, 0.29) is 0 Å². The summed E-state index contributed by atoms with van der Waals surface area (Å²) in [5, 5.41) is 18.3. The third-order valence-corrected chi connectivity index (χ3v) is 5.54. The minimum Gasteiger partial charge on any atom is -0.253 e. The highest BCUT2D eigenvalue weighted by molar-refractivity contribution is 6.13. The van der Waals surface area contributed by atoms with E-state index in [1.54, 1.807) is 17.1 Å². The molecule has 6 heteroatoms. The molecule has 3 aromatic carbocycles. The summed E-state index contributed by atoms with van der Waals surface area (Å²) in [7, 11) is 0. The molecule has 0 fully saturated rings. The monoisotopic (exact) mass is 426 g/mol. The van der Waals surface area contributed by atoms with Crippen molar-refractivity contribution >= 4 is 27.8 Å². The van der Waals surface area contributed by atoms with Crippen LogP contribution in [0.2, 0.25) is 0 Å². The number of nitrogens with zero attached hydrogens (tertiary/aromatic N) is 6. The lowest BCUT2D eigenvalue weighted by Crippen LogP contribution is -2.00. The third kappa shape index (κ3) is 3.43. The molecule has 0 saturated carbocycles. The Bertz CT molecular complexity index is 1490. The van der Waals surface area contributed by atoms with Gasteiger partial charge in [0.15, 0.2) is 0 Å². The Morgan fingerprint density at radius 3 is 1.64 bits per heavy atom. The normalized spacial score (nSPS) is 11.5. The van der Waals surface area contributed by atoms with Gasteiger partial charge in [0.25, 0.3) is 0 Å². The van der Waals surface area contributed by atoms with Crippen LogP contribution >= 0.6 is 0 Å². The van der Waals surface area contributed by atoms with Crippen molar-refractivity contribution in [1.82, 2.24) is 24.8 Å². The zero-order valence-electron chi connectivity index (χ0n) is 17.6. The van der Waals surface area contributed by atoms with Gasteiger partial charge in [-0.1, -0.05) is 60.7 Å². The van der Waals surface area contributed by atoms with Crippen LogP contribution in [0, 0.1) is 0 Å². The molecule has 33 heavy (non-hydrogen) atoms. The van der Waals surface area contributed by atoms with E-state index in [2.05, 4.69) is 62.6 Å². The van der Waals surface area contributed by atoms with E-state index < -0.39 is 0 Å². The molecule has 0 spiro atoms. The molecule has 6 aromatic rings. The van der Waals surface area contributed by atoms with Gasteiger partial charge in [-0.3, -0.25) is 9.97 Å². The largest absolute Gasteiger partial charge is 0.253 e. The van der Waals surface area contributed by atoms with Crippen molar-refractivity contribution in [3.05, 3.63) is 109 Å². The fourth-order valence-corrected chi connectivity index (χ4v) is 4.00. The average Bonchev–Trinajstić information content (AvgIpc) is 3.31. The van der Waals surface area contributed by atoms with Gasteiger partial charge < -0.3 is 0 Å². The zero-order valence-corrected chi connectivity index (χ0v) is 17.6. The highest BCUT2D eigenvalue weighted by atomic mass is 15.5. The van der Waals surface area contributed by atoms with Gasteiger partial charge in [-0.2, -0.15) is 9.78 Å². The first-order valence-corrected chi connectivity index (χ1v) is 10.6. The van der Waals surface area contributed by atoms with Gasteiger partial charge in [0.1, 0.15) is 11.4 Å². The van der Waals surface area contributed by atoms with Crippen LogP contribution in [0.15, 0.2) is 108 Å². The van der Waals surface area contributed by atoms with Gasteiger partial charge in [-0.05, 0) is 51.9 Å². The van der Waals surface area contributed by atoms with Crippen LogP contribution in [-0.4, -0.2) is 31.1 Å². The lowest BCUT2D eigenvalue weighted by Gasteiger charge is -2.09. The predicted molar refractivity (Wildman–Crippen MR) is 131 cm³/mol. The molecule has 3 heterocycles. The molecule has 0 radical (unpaired) electrons. The number of benzene rings is 3. The quantitative estimate of drug-likeness (QED) is 0.272. The standard InChI is InChI=1S/C27H18N6/c1-3-11-21-19(9-1)17-20-10-2-4-12-22(20)23(21)18-30-33-26(24-13-5-7-15-28-24)31-32-27(33)25-14-6-8-16-29-25/h1-18H/b30-18+. The smallest absolute Gasteiger partial charge is 0.203 e. The molecular weight excluding hydrogens is 408 g/mol. The summed E-state index contributed by atoms with van der Waals surface area (Å²) >= 11 is 0. The summed E-state index contributed by atoms with van der Waals surface area (Å²) in [5.74, 6) is 1.11. The first kappa shape index (κ1) is 19.0. The number of fused-ring (bicyclic) bond motifs is 2. The van der Waals surface area contributed by atoms with Crippen LogP contribution in [0.5, 0.6) is 0 Å². The molecule has 0 atom stereocenters. The minimum atomic E-state index is 0.553. The highest BCUT2D eigenvalue weighted by Crippen LogP contribution is 2.28. The summed E-state index contributed by atoms with van der Waals surface area (Å²) < 4.78 is 1.71. The lowest BCUT2D eigenvalue weighted by molar-refractivity contribution is 0.888. The van der Waals surface area contributed by atoms with E-state index in [0.717, 1.165) is 27.1 Å². The second kappa shape index (κ2) is 8.09. The number of pyridine rings is 2. The Balaban J connectivity index is 1.59. The summed E-state index contributed by atoms with van der Waals surface area (Å²) in [6.45, 7) is 0. The molecule has 0 unspecified atom stereocenters. The summed E-state index contributed by atoms with van der Waals surface area (Å²) in [6.07, 6.45) is 5.35. The van der Waals surface area contributed by atoms with Crippen molar-refractivity contribution in [1.29, 1.82) is 0 Å². The van der Waals surface area contributed by atoms with E-state index in [4.69, 9.17) is 5.10 Å². The summed E-state index contributed by atoms with van der Waals surface area (Å²) in [5.41, 5.74) is 2.41. The van der Waals surface area contributed by atoms with Crippen molar-refractivity contribution in [2.45, 2.75) is 0 Å². The van der Waals surface area contributed by atoms with Crippen LogP contribution < -0.4 is 0 Å². The Kier molecular flexibility index (Phi) is 4.66. The number of hydrogen-bond acceptors (Lipinski definition) is 5. The third-order valence-electron chi connectivity index (χ3n) is 5.54. The number of rotatable bonds is 4. The van der Waals surface area contributed by atoms with Crippen LogP contribution in [0.1, 0.15) is 5.56 Å². The SMILES string of the molecule is C(=N\n1c(-c2ccccn2)nnc1-c1ccccn1)/c1c2ccccc2cc2ccccc12. The first-order chi connectivity index (χ1) is 16.4. The second-order valence-corrected chi connectivity index (χ2v) is 7.57. The molecule has 6 rings (SSSR count). The molecule has 0 aliphatic heterocycles. The molecule has 0 aliphatic rings. The van der Waals surface area contributed by atoms with Crippen LogP contribution in [0.4, 0.5) is 0 Å². The highest BCUT2D eigenvalue weighted by Gasteiger charge is 2.17. The maximum Gasteiger partial charge on any atom is 0.203 e. The predicted octanol–water partition coefficient (Wildman–Crippen LogP) is 5.59. The topological polar surface area (TPSA) is 68.8 Å². The van der Waals surface area contributed by atoms with E-state index in [9.17, 15) is 0 Å². The van der Waals surface area contributed by atoms with E-state index >= 15 is 0 Å². The van der Waals surface area contributed by atoms with Gasteiger partial charge in [-0.25, -0.2) is 0 Å².